The first-order chi connectivity index (χ1) is 11.7. The normalized spacial score (nSPS) is 14.4. The number of fused-ring (bicyclic) bond motifs is 1. The van der Waals surface area contributed by atoms with E-state index in [9.17, 15) is 0 Å². The van der Waals surface area contributed by atoms with Crippen LogP contribution in [0.4, 0.5) is 0 Å². The molecule has 2 aromatic rings. The molecule has 0 saturated heterocycles. The van der Waals surface area contributed by atoms with Crippen LogP contribution >= 0.6 is 11.6 Å². The molecule has 1 aliphatic rings. The Hall–Kier alpha value is -2.01. The molecule has 1 N–H and O–H groups in total. The molecular weight excluding hydrogens is 322 g/mol. The van der Waals surface area contributed by atoms with E-state index in [0.29, 0.717) is 6.54 Å². The molecule has 24 heavy (non-hydrogen) atoms. The summed E-state index contributed by atoms with van der Waals surface area (Å²) >= 11 is 6.06. The van der Waals surface area contributed by atoms with E-state index in [1.165, 1.54) is 18.7 Å². The number of hydrogen-bond acceptors (Lipinski definition) is 2. The van der Waals surface area contributed by atoms with Crippen molar-refractivity contribution in [1.29, 1.82) is 0 Å². The number of nitrogens with zero attached hydrogens (tertiary/aromatic N) is 4. The molecule has 0 amide bonds. The Kier molecular flexibility index (Phi) is 5.41. The monoisotopic (exact) mass is 345 g/mol. The topological polar surface area (TPSA) is 45.5 Å². The van der Waals surface area contributed by atoms with E-state index < -0.39 is 0 Å². The van der Waals surface area contributed by atoms with Crippen molar-refractivity contribution in [2.45, 2.75) is 38.9 Å². The third-order valence-electron chi connectivity index (χ3n) is 4.27. The maximum atomic E-state index is 6.06. The lowest BCUT2D eigenvalue weighted by Crippen LogP contribution is -2.38. The molecule has 5 nitrogen and oxygen atoms in total. The van der Waals surface area contributed by atoms with Crippen LogP contribution < -0.4 is 5.32 Å². The highest BCUT2D eigenvalue weighted by Crippen LogP contribution is 2.15. The Morgan fingerprint density at radius 1 is 1.42 bits per heavy atom. The number of guanidine groups is 1. The second-order valence-electron chi connectivity index (χ2n) is 6.19. The average Bonchev–Trinajstić information content (AvgIpc) is 2.98. The minimum absolute atomic E-state index is 0.687. The Labute approximate surface area is 148 Å². The molecule has 128 valence electrons. The highest BCUT2D eigenvalue weighted by molar-refractivity contribution is 6.30. The van der Waals surface area contributed by atoms with Crippen molar-refractivity contribution < 1.29 is 0 Å². The number of nitrogens with one attached hydrogen (secondary N) is 1. The molecule has 0 fully saturated rings. The van der Waals surface area contributed by atoms with E-state index >= 15 is 0 Å². The number of aliphatic imine (C=N–C) groups is 1. The molecule has 0 saturated carbocycles. The van der Waals surface area contributed by atoms with Crippen LogP contribution in [0, 0.1) is 0 Å². The molecule has 0 radical (unpaired) electrons. The fourth-order valence-corrected chi connectivity index (χ4v) is 3.31. The van der Waals surface area contributed by atoms with Gasteiger partial charge >= 0.3 is 0 Å². The first-order valence-corrected chi connectivity index (χ1v) is 8.74. The molecule has 0 spiro atoms. The highest BCUT2D eigenvalue weighted by Gasteiger charge is 2.13. The SMILES string of the molecule is CN=C(NCc1cn2c(n1)CCCC2)N(C)Cc1cccc(Cl)c1. The summed E-state index contributed by atoms with van der Waals surface area (Å²) in [5.41, 5.74) is 2.23. The Balaban J connectivity index is 1.59. The predicted octanol–water partition coefficient (Wildman–Crippen LogP) is 3.08. The molecule has 0 aliphatic carbocycles. The van der Waals surface area contributed by atoms with Gasteiger partial charge < -0.3 is 14.8 Å². The van der Waals surface area contributed by atoms with Crippen LogP contribution in [-0.4, -0.2) is 34.5 Å². The number of rotatable bonds is 4. The number of hydrogen-bond donors (Lipinski definition) is 1. The minimum Gasteiger partial charge on any atom is -0.351 e. The van der Waals surface area contributed by atoms with Gasteiger partial charge in [-0.3, -0.25) is 4.99 Å². The van der Waals surface area contributed by atoms with Crippen LogP contribution in [0.5, 0.6) is 0 Å². The fraction of sp³-hybridized carbons (Fsp3) is 0.444. The Bertz CT molecular complexity index is 698. The zero-order chi connectivity index (χ0) is 16.9. The second-order valence-corrected chi connectivity index (χ2v) is 6.62. The fourth-order valence-electron chi connectivity index (χ4n) is 3.10. The number of benzene rings is 1. The second kappa shape index (κ2) is 7.71. The first kappa shape index (κ1) is 16.8. The molecule has 0 unspecified atom stereocenters. The van der Waals surface area contributed by atoms with E-state index in [1.807, 2.05) is 25.2 Å². The van der Waals surface area contributed by atoms with Crippen molar-refractivity contribution in [3.05, 3.63) is 52.6 Å². The summed E-state index contributed by atoms with van der Waals surface area (Å²) in [6, 6.07) is 7.91. The van der Waals surface area contributed by atoms with Gasteiger partial charge in [-0.1, -0.05) is 23.7 Å². The number of imidazole rings is 1. The molecule has 0 bridgehead atoms. The van der Waals surface area contributed by atoms with Gasteiger partial charge in [0.1, 0.15) is 5.82 Å². The number of aromatic nitrogens is 2. The number of halogens is 1. The third kappa shape index (κ3) is 4.09. The first-order valence-electron chi connectivity index (χ1n) is 8.37. The van der Waals surface area contributed by atoms with Gasteiger partial charge in [0.25, 0.3) is 0 Å². The van der Waals surface area contributed by atoms with Gasteiger partial charge in [-0.05, 0) is 30.5 Å². The summed E-state index contributed by atoms with van der Waals surface area (Å²) in [7, 11) is 3.82. The van der Waals surface area contributed by atoms with Crippen LogP contribution in [0.15, 0.2) is 35.5 Å². The third-order valence-corrected chi connectivity index (χ3v) is 4.50. The molecule has 0 atom stereocenters. The van der Waals surface area contributed by atoms with Crippen molar-refractivity contribution in [2.75, 3.05) is 14.1 Å². The van der Waals surface area contributed by atoms with Gasteiger partial charge in [0.2, 0.25) is 0 Å². The standard InChI is InChI=1S/C18H24ClN5/c1-20-18(23(2)12-14-6-5-7-15(19)10-14)21-11-16-13-24-9-4-3-8-17(24)22-16/h5-7,10,13H,3-4,8-9,11-12H2,1-2H3,(H,20,21). The zero-order valence-electron chi connectivity index (χ0n) is 14.3. The van der Waals surface area contributed by atoms with E-state index in [4.69, 9.17) is 16.6 Å². The smallest absolute Gasteiger partial charge is 0.194 e. The molecule has 3 rings (SSSR count). The summed E-state index contributed by atoms with van der Waals surface area (Å²) in [5.74, 6) is 2.06. The van der Waals surface area contributed by atoms with Gasteiger partial charge in [-0.25, -0.2) is 4.98 Å². The van der Waals surface area contributed by atoms with Crippen molar-refractivity contribution in [2.24, 2.45) is 4.99 Å². The van der Waals surface area contributed by atoms with Crippen LogP contribution in [-0.2, 0) is 26.1 Å². The lowest BCUT2D eigenvalue weighted by molar-refractivity contribution is 0.476. The molecular formula is C18H24ClN5. The Morgan fingerprint density at radius 2 is 2.29 bits per heavy atom. The largest absolute Gasteiger partial charge is 0.351 e. The Morgan fingerprint density at radius 3 is 3.04 bits per heavy atom. The van der Waals surface area contributed by atoms with Crippen molar-refractivity contribution in [3.8, 4) is 0 Å². The maximum Gasteiger partial charge on any atom is 0.194 e. The van der Waals surface area contributed by atoms with Crippen LogP contribution in [0.25, 0.3) is 0 Å². The highest BCUT2D eigenvalue weighted by atomic mass is 35.5. The van der Waals surface area contributed by atoms with Gasteiger partial charge in [0.15, 0.2) is 5.96 Å². The van der Waals surface area contributed by atoms with Crippen molar-refractivity contribution in [1.82, 2.24) is 19.8 Å². The molecule has 2 heterocycles. The van der Waals surface area contributed by atoms with E-state index in [-0.39, 0.29) is 0 Å². The zero-order valence-corrected chi connectivity index (χ0v) is 15.1. The van der Waals surface area contributed by atoms with Crippen molar-refractivity contribution in [3.63, 3.8) is 0 Å². The summed E-state index contributed by atoms with van der Waals surface area (Å²) < 4.78 is 2.28. The van der Waals surface area contributed by atoms with Crippen LogP contribution in [0.2, 0.25) is 5.02 Å². The molecule has 6 heteroatoms. The summed E-state index contributed by atoms with van der Waals surface area (Å²) in [5, 5.41) is 4.15. The van der Waals surface area contributed by atoms with Gasteiger partial charge in [-0.15, -0.1) is 0 Å². The van der Waals surface area contributed by atoms with E-state index in [0.717, 1.165) is 41.7 Å². The average molecular weight is 346 g/mol. The van der Waals surface area contributed by atoms with Gasteiger partial charge in [-0.2, -0.15) is 0 Å². The minimum atomic E-state index is 0.687. The lowest BCUT2D eigenvalue weighted by atomic mass is 10.2. The van der Waals surface area contributed by atoms with Crippen molar-refractivity contribution >= 4 is 17.6 Å². The van der Waals surface area contributed by atoms with E-state index in [1.54, 1.807) is 7.05 Å². The van der Waals surface area contributed by atoms with Gasteiger partial charge in [0.05, 0.1) is 12.2 Å². The quantitative estimate of drug-likeness (QED) is 0.684. The van der Waals surface area contributed by atoms with E-state index in [2.05, 4.69) is 32.0 Å². The molecule has 1 aliphatic heterocycles. The van der Waals surface area contributed by atoms with Crippen LogP contribution in [0.3, 0.4) is 0 Å². The maximum absolute atomic E-state index is 6.06. The van der Waals surface area contributed by atoms with Crippen LogP contribution in [0.1, 0.15) is 29.9 Å². The molecule has 1 aromatic heterocycles. The number of aryl methyl sites for hydroxylation is 2. The molecule has 1 aromatic carbocycles. The van der Waals surface area contributed by atoms with Gasteiger partial charge in [0, 0.05) is 44.8 Å². The summed E-state index contributed by atoms with van der Waals surface area (Å²) in [6.07, 6.45) is 5.74. The summed E-state index contributed by atoms with van der Waals surface area (Å²) in [4.78, 5) is 11.2. The summed E-state index contributed by atoms with van der Waals surface area (Å²) in [6.45, 7) is 2.53. The lowest BCUT2D eigenvalue weighted by Gasteiger charge is -2.22. The predicted molar refractivity (Wildman–Crippen MR) is 98.3 cm³/mol.